The lowest BCUT2D eigenvalue weighted by Crippen LogP contribution is -2.47. The largest absolute Gasteiger partial charge is 0.383 e. The number of aromatic amines is 1. The molecular formula is C45H47F2N9O4. The van der Waals surface area contributed by atoms with Crippen LogP contribution < -0.4 is 26.2 Å². The number of hydrogen-bond acceptors (Lipinski definition) is 9. The van der Waals surface area contributed by atoms with Crippen LogP contribution in [-0.2, 0) is 20.7 Å². The van der Waals surface area contributed by atoms with Gasteiger partial charge in [-0.2, -0.15) is 5.10 Å². The van der Waals surface area contributed by atoms with Gasteiger partial charge in [0.05, 0.1) is 16.6 Å². The van der Waals surface area contributed by atoms with E-state index in [1.807, 2.05) is 59.3 Å². The first-order chi connectivity index (χ1) is 29.2. The Bertz CT molecular complexity index is 2540. The summed E-state index contributed by atoms with van der Waals surface area (Å²) in [5.74, 6) is -1.66. The van der Waals surface area contributed by atoms with Gasteiger partial charge in [-0.15, -0.1) is 0 Å². The summed E-state index contributed by atoms with van der Waals surface area (Å²) in [7, 11) is 0. The highest BCUT2D eigenvalue weighted by Crippen LogP contribution is 2.32. The van der Waals surface area contributed by atoms with Gasteiger partial charge in [-0.1, -0.05) is 12.1 Å². The molecule has 9 rings (SSSR count). The number of hydrogen-bond donors (Lipinski definition) is 5. The lowest BCUT2D eigenvalue weighted by molar-refractivity contribution is -0.135. The topological polar surface area (TPSA) is 149 Å². The molecule has 0 saturated carbocycles. The molecule has 60 heavy (non-hydrogen) atoms. The molecule has 1 unspecified atom stereocenters. The summed E-state index contributed by atoms with van der Waals surface area (Å²) in [6.07, 6.45) is 4.74. The Hall–Kier alpha value is -6.32. The molecule has 1 atom stereocenters. The molecule has 15 heteroatoms. The minimum absolute atomic E-state index is 0.160. The predicted molar refractivity (Wildman–Crippen MR) is 228 cm³/mol. The van der Waals surface area contributed by atoms with E-state index in [2.05, 4.69) is 53.4 Å². The van der Waals surface area contributed by atoms with Crippen LogP contribution in [0.1, 0.15) is 53.2 Å². The smallest absolute Gasteiger partial charge is 0.258 e. The first kappa shape index (κ1) is 39.2. The second kappa shape index (κ2) is 17.1. The van der Waals surface area contributed by atoms with Gasteiger partial charge in [0.1, 0.15) is 17.7 Å². The maximum absolute atomic E-state index is 14.0. The first-order valence-corrected chi connectivity index (χ1v) is 20.6. The highest BCUT2D eigenvalue weighted by Gasteiger charge is 2.29. The molecule has 0 bridgehead atoms. The molecule has 3 aliphatic rings. The van der Waals surface area contributed by atoms with E-state index in [0.29, 0.717) is 54.8 Å². The monoisotopic (exact) mass is 815 g/mol. The van der Waals surface area contributed by atoms with Crippen LogP contribution >= 0.6 is 0 Å². The summed E-state index contributed by atoms with van der Waals surface area (Å²) < 4.78 is 35.3. The summed E-state index contributed by atoms with van der Waals surface area (Å²) in [5, 5.41) is 21.9. The highest BCUT2D eigenvalue weighted by molar-refractivity contribution is 6.11. The zero-order chi connectivity index (χ0) is 41.2. The number of nitrogens with one attached hydrogen (secondary N) is 5. The quantitative estimate of drug-likeness (QED) is 0.0881. The molecule has 3 amide bonds. The van der Waals surface area contributed by atoms with Crippen LogP contribution in [0.3, 0.4) is 0 Å². The van der Waals surface area contributed by atoms with Crippen LogP contribution in [0.5, 0.6) is 0 Å². The number of amides is 3. The fraction of sp³-hybridized carbons (Fsp3) is 0.333. The predicted octanol–water partition coefficient (Wildman–Crippen LogP) is 6.44. The van der Waals surface area contributed by atoms with Crippen molar-refractivity contribution in [3.8, 4) is 0 Å². The summed E-state index contributed by atoms with van der Waals surface area (Å²) in [4.78, 5) is 43.1. The Morgan fingerprint density at radius 3 is 2.47 bits per heavy atom. The molecule has 13 nitrogen and oxygen atoms in total. The number of rotatable bonds is 12. The third kappa shape index (κ3) is 8.54. The van der Waals surface area contributed by atoms with Crippen molar-refractivity contribution >= 4 is 62.4 Å². The number of aromatic nitrogens is 3. The molecule has 2 aromatic heterocycles. The first-order valence-electron chi connectivity index (χ1n) is 20.6. The number of anilines is 4. The van der Waals surface area contributed by atoms with Crippen LogP contribution in [0.2, 0.25) is 0 Å². The molecule has 0 radical (unpaired) electrons. The van der Waals surface area contributed by atoms with Crippen molar-refractivity contribution < 1.29 is 27.9 Å². The summed E-state index contributed by atoms with van der Waals surface area (Å²) in [5.41, 5.74) is 6.31. The van der Waals surface area contributed by atoms with Crippen LogP contribution in [0.25, 0.3) is 21.8 Å². The van der Waals surface area contributed by atoms with Crippen LogP contribution in [0.4, 0.5) is 31.7 Å². The molecule has 310 valence electrons. The minimum atomic E-state index is -0.626. The van der Waals surface area contributed by atoms with Gasteiger partial charge in [0.25, 0.3) is 5.91 Å². The van der Waals surface area contributed by atoms with E-state index in [4.69, 9.17) is 4.74 Å². The number of nitrogens with zero attached hydrogens (tertiary/aromatic N) is 4. The Morgan fingerprint density at radius 1 is 0.850 bits per heavy atom. The van der Waals surface area contributed by atoms with E-state index in [0.717, 1.165) is 97.2 Å². The number of carbonyl (C=O) groups excluding carboxylic acids is 3. The molecule has 5 heterocycles. The molecule has 3 saturated heterocycles. The standard InChI is InChI=1S/C45H47F2N9O4/c46-30-23-29(24-31(47)26-30)22-28-4-7-38-36(25-28)43(53-52-38)51-44(58)35-6-5-33(27-39(35)49-32-11-20-60-21-12-32)55-18-16-54(17-19-55)15-13-48-37-2-1-3-40-34(37)10-14-56(40)41-8-9-42(57)50-45(41)59/h1-7,10,14,23-27,32,41,48-49H,8-9,11-13,15-22H2,(H,50,57,59)(H2,51,52,53,58). The van der Waals surface area contributed by atoms with Crippen LogP contribution in [-0.4, -0.2) is 95.9 Å². The van der Waals surface area contributed by atoms with Gasteiger partial charge in [-0.05, 0) is 97.5 Å². The molecule has 0 spiro atoms. The number of imide groups is 1. The third-order valence-corrected chi connectivity index (χ3v) is 11.8. The minimum Gasteiger partial charge on any atom is -0.383 e. The number of ether oxygens (including phenoxy) is 1. The summed E-state index contributed by atoms with van der Waals surface area (Å²) in [6, 6.07) is 22.9. The summed E-state index contributed by atoms with van der Waals surface area (Å²) in [6.45, 7) is 6.35. The second-order valence-corrected chi connectivity index (χ2v) is 15.8. The maximum Gasteiger partial charge on any atom is 0.258 e. The normalized spacial score (nSPS) is 17.9. The average molecular weight is 816 g/mol. The molecule has 4 aromatic carbocycles. The van der Waals surface area contributed by atoms with Crippen molar-refractivity contribution in [1.82, 2.24) is 25.0 Å². The van der Waals surface area contributed by atoms with Crippen molar-refractivity contribution in [3.05, 3.63) is 113 Å². The number of H-pyrrole nitrogens is 1. The molecular weight excluding hydrogens is 769 g/mol. The van der Waals surface area contributed by atoms with E-state index in [-0.39, 0.29) is 23.8 Å². The van der Waals surface area contributed by atoms with Crippen molar-refractivity contribution in [2.75, 3.05) is 73.3 Å². The number of carbonyl (C=O) groups is 3. The molecule has 3 fully saturated rings. The number of halogens is 2. The number of piperidine rings is 1. The fourth-order valence-corrected chi connectivity index (χ4v) is 8.64. The third-order valence-electron chi connectivity index (χ3n) is 11.8. The van der Waals surface area contributed by atoms with Crippen LogP contribution in [0.15, 0.2) is 85.1 Å². The summed E-state index contributed by atoms with van der Waals surface area (Å²) >= 11 is 0. The van der Waals surface area contributed by atoms with Crippen molar-refractivity contribution in [2.45, 2.75) is 44.2 Å². The van der Waals surface area contributed by atoms with Gasteiger partial charge in [0.2, 0.25) is 11.8 Å². The fourth-order valence-electron chi connectivity index (χ4n) is 8.64. The van der Waals surface area contributed by atoms with Gasteiger partial charge in [0.15, 0.2) is 5.82 Å². The maximum atomic E-state index is 14.0. The number of fused-ring (bicyclic) bond motifs is 2. The molecule has 5 N–H and O–H groups in total. The highest BCUT2D eigenvalue weighted by atomic mass is 19.1. The zero-order valence-corrected chi connectivity index (χ0v) is 33.1. The van der Waals surface area contributed by atoms with Gasteiger partial charge in [0, 0.05) is 105 Å². The van der Waals surface area contributed by atoms with E-state index < -0.39 is 17.7 Å². The van der Waals surface area contributed by atoms with Crippen molar-refractivity contribution in [3.63, 3.8) is 0 Å². The Balaban J connectivity index is 0.845. The van der Waals surface area contributed by atoms with Gasteiger partial charge < -0.3 is 30.2 Å². The molecule has 0 aliphatic carbocycles. The lowest BCUT2D eigenvalue weighted by Gasteiger charge is -2.36. The zero-order valence-electron chi connectivity index (χ0n) is 33.1. The van der Waals surface area contributed by atoms with E-state index in [1.54, 1.807) is 0 Å². The van der Waals surface area contributed by atoms with E-state index in [1.165, 1.54) is 12.1 Å². The van der Waals surface area contributed by atoms with E-state index in [9.17, 15) is 23.2 Å². The van der Waals surface area contributed by atoms with Gasteiger partial charge >= 0.3 is 0 Å². The van der Waals surface area contributed by atoms with E-state index >= 15 is 0 Å². The second-order valence-electron chi connectivity index (χ2n) is 15.8. The molecule has 6 aromatic rings. The Labute approximate surface area is 345 Å². The Kier molecular flexibility index (Phi) is 11.2. The number of piperazine rings is 1. The number of benzene rings is 4. The average Bonchev–Trinajstić information content (AvgIpc) is 3.85. The van der Waals surface area contributed by atoms with Gasteiger partial charge in [-0.3, -0.25) is 29.7 Å². The lowest BCUT2D eigenvalue weighted by atomic mass is 10.0. The Morgan fingerprint density at radius 2 is 1.67 bits per heavy atom. The van der Waals surface area contributed by atoms with Gasteiger partial charge in [-0.25, -0.2) is 8.78 Å². The van der Waals surface area contributed by atoms with Crippen molar-refractivity contribution in [1.29, 1.82) is 0 Å². The SMILES string of the molecule is O=C1CCC(n2ccc3c(NCCN4CCN(c5ccc(C(=O)Nc6n[nH]c7ccc(Cc8cc(F)cc(F)c8)cc67)c(NC6CCOCC6)c5)CC4)cccc32)C(=O)N1. The van der Waals surface area contributed by atoms with Crippen molar-refractivity contribution in [2.24, 2.45) is 0 Å². The van der Waals surface area contributed by atoms with Crippen LogP contribution in [0, 0.1) is 11.6 Å². The molecule has 3 aliphatic heterocycles.